The van der Waals surface area contributed by atoms with E-state index in [2.05, 4.69) is 10.1 Å². The summed E-state index contributed by atoms with van der Waals surface area (Å²) >= 11 is 0. The van der Waals surface area contributed by atoms with E-state index in [1.807, 2.05) is 0 Å². The summed E-state index contributed by atoms with van der Waals surface area (Å²) in [6.45, 7) is 1.63. The van der Waals surface area contributed by atoms with Gasteiger partial charge in [-0.25, -0.2) is 13.5 Å². The van der Waals surface area contributed by atoms with Gasteiger partial charge in [-0.1, -0.05) is 0 Å². The molecule has 1 heterocycles. The number of carbonyl (C=O) groups is 1. The summed E-state index contributed by atoms with van der Waals surface area (Å²) in [5, 5.41) is 4.20. The first kappa shape index (κ1) is 17.8. The van der Waals surface area contributed by atoms with Gasteiger partial charge in [-0.05, 0) is 50.0 Å². The monoisotopic (exact) mass is 359 g/mol. The SMILES string of the molecule is CC(C(=O)N=C(N)/C=C(\N)C1CC1)c1ccn(-c2cc(F)cc(F)c2)n1. The zero-order chi connectivity index (χ0) is 18.8. The van der Waals surface area contributed by atoms with Crippen molar-refractivity contribution in [2.45, 2.75) is 25.7 Å². The number of nitrogens with zero attached hydrogens (tertiary/aromatic N) is 3. The van der Waals surface area contributed by atoms with Crippen LogP contribution in [0.3, 0.4) is 0 Å². The van der Waals surface area contributed by atoms with Crippen LogP contribution in [-0.2, 0) is 4.79 Å². The fourth-order valence-electron chi connectivity index (χ4n) is 2.47. The molecule has 4 N–H and O–H groups in total. The van der Waals surface area contributed by atoms with Gasteiger partial charge in [0, 0.05) is 18.0 Å². The van der Waals surface area contributed by atoms with E-state index in [9.17, 15) is 13.6 Å². The van der Waals surface area contributed by atoms with E-state index in [4.69, 9.17) is 11.5 Å². The van der Waals surface area contributed by atoms with E-state index in [0.717, 1.165) is 31.0 Å². The average Bonchev–Trinajstić information content (AvgIpc) is 3.30. The predicted molar refractivity (Wildman–Crippen MR) is 93.5 cm³/mol. The van der Waals surface area contributed by atoms with Crippen LogP contribution >= 0.6 is 0 Å². The number of benzene rings is 1. The zero-order valence-electron chi connectivity index (χ0n) is 14.2. The fourth-order valence-corrected chi connectivity index (χ4v) is 2.47. The van der Waals surface area contributed by atoms with Gasteiger partial charge in [-0.2, -0.15) is 10.1 Å². The highest BCUT2D eigenvalue weighted by Crippen LogP contribution is 2.33. The molecular weight excluding hydrogens is 340 g/mol. The Kier molecular flexibility index (Phi) is 4.83. The van der Waals surface area contributed by atoms with Gasteiger partial charge in [-0.3, -0.25) is 4.79 Å². The molecule has 0 radical (unpaired) electrons. The van der Waals surface area contributed by atoms with Gasteiger partial charge in [0.2, 0.25) is 0 Å². The zero-order valence-corrected chi connectivity index (χ0v) is 14.2. The van der Waals surface area contributed by atoms with Gasteiger partial charge < -0.3 is 11.5 Å². The number of carbonyl (C=O) groups excluding carboxylic acids is 1. The van der Waals surface area contributed by atoms with Crippen LogP contribution in [0.15, 0.2) is 47.2 Å². The Labute approximate surface area is 149 Å². The van der Waals surface area contributed by atoms with Crippen LogP contribution in [0.2, 0.25) is 0 Å². The fraction of sp³-hybridized carbons (Fsp3) is 0.278. The smallest absolute Gasteiger partial charge is 0.256 e. The molecule has 3 rings (SSSR count). The number of amides is 1. The Morgan fingerprint density at radius 2 is 1.96 bits per heavy atom. The van der Waals surface area contributed by atoms with E-state index in [-0.39, 0.29) is 11.5 Å². The van der Waals surface area contributed by atoms with Gasteiger partial charge >= 0.3 is 0 Å². The maximum absolute atomic E-state index is 13.3. The minimum atomic E-state index is -0.710. The maximum Gasteiger partial charge on any atom is 0.256 e. The van der Waals surface area contributed by atoms with Crippen molar-refractivity contribution in [2.75, 3.05) is 0 Å². The second-order valence-electron chi connectivity index (χ2n) is 6.33. The van der Waals surface area contributed by atoms with Crippen LogP contribution in [-0.4, -0.2) is 21.5 Å². The molecule has 1 amide bonds. The number of rotatable bonds is 5. The Bertz CT molecular complexity index is 878. The van der Waals surface area contributed by atoms with Crippen molar-refractivity contribution in [1.29, 1.82) is 0 Å². The van der Waals surface area contributed by atoms with Crippen molar-refractivity contribution < 1.29 is 13.6 Å². The van der Waals surface area contributed by atoms with Crippen LogP contribution in [0.25, 0.3) is 5.69 Å². The molecule has 0 aliphatic heterocycles. The van der Waals surface area contributed by atoms with Crippen LogP contribution in [0.1, 0.15) is 31.4 Å². The molecular formula is C18H19F2N5O. The lowest BCUT2D eigenvalue weighted by Gasteiger charge is -2.05. The third-order valence-electron chi connectivity index (χ3n) is 4.14. The molecule has 2 aromatic rings. The molecule has 1 fully saturated rings. The summed E-state index contributed by atoms with van der Waals surface area (Å²) in [6.07, 6.45) is 5.08. The number of hydrogen-bond acceptors (Lipinski definition) is 3. The van der Waals surface area contributed by atoms with Crippen molar-refractivity contribution in [3.05, 3.63) is 59.6 Å². The first-order valence-electron chi connectivity index (χ1n) is 8.20. The maximum atomic E-state index is 13.3. The topological polar surface area (TPSA) is 99.3 Å². The Morgan fingerprint density at radius 3 is 2.58 bits per heavy atom. The van der Waals surface area contributed by atoms with Crippen molar-refractivity contribution in [2.24, 2.45) is 22.4 Å². The Balaban J connectivity index is 1.75. The first-order valence-corrected chi connectivity index (χ1v) is 8.20. The molecule has 1 saturated carbocycles. The molecule has 26 heavy (non-hydrogen) atoms. The summed E-state index contributed by atoms with van der Waals surface area (Å²) in [7, 11) is 0. The summed E-state index contributed by atoms with van der Waals surface area (Å²) in [6, 6.07) is 4.66. The number of allylic oxidation sites excluding steroid dienone is 1. The van der Waals surface area contributed by atoms with Crippen LogP contribution in [0.5, 0.6) is 0 Å². The highest BCUT2D eigenvalue weighted by molar-refractivity contribution is 6.01. The van der Waals surface area contributed by atoms with Crippen molar-refractivity contribution in [3.8, 4) is 5.69 Å². The lowest BCUT2D eigenvalue weighted by Crippen LogP contribution is -2.17. The molecule has 0 saturated heterocycles. The highest BCUT2D eigenvalue weighted by Gasteiger charge is 2.24. The van der Waals surface area contributed by atoms with Gasteiger partial charge in [-0.15, -0.1) is 0 Å². The molecule has 1 aromatic carbocycles. The molecule has 0 spiro atoms. The molecule has 1 aliphatic carbocycles. The summed E-state index contributed by atoms with van der Waals surface area (Å²) in [5.41, 5.74) is 12.9. The van der Waals surface area contributed by atoms with E-state index in [1.165, 1.54) is 17.0 Å². The van der Waals surface area contributed by atoms with Crippen LogP contribution in [0.4, 0.5) is 8.78 Å². The molecule has 1 aliphatic rings. The third-order valence-corrected chi connectivity index (χ3v) is 4.14. The lowest BCUT2D eigenvalue weighted by molar-refractivity contribution is -0.118. The highest BCUT2D eigenvalue weighted by atomic mass is 19.1. The molecule has 0 bridgehead atoms. The number of halogens is 2. The summed E-state index contributed by atoms with van der Waals surface area (Å²) in [4.78, 5) is 16.1. The van der Waals surface area contributed by atoms with Crippen LogP contribution < -0.4 is 11.5 Å². The standard InChI is InChI=1S/C18H19F2N5O/c1-10(18(26)23-17(22)9-15(21)11-2-3-11)16-4-5-25(24-16)14-7-12(19)6-13(20)8-14/h4-11H,2-3,21H2,1H3,(H2,22,23,26)/b15-9-. The minimum Gasteiger partial charge on any atom is -0.402 e. The summed E-state index contributed by atoms with van der Waals surface area (Å²) in [5.74, 6) is -2.17. The van der Waals surface area contributed by atoms with Crippen molar-refractivity contribution >= 4 is 11.7 Å². The Morgan fingerprint density at radius 1 is 1.31 bits per heavy atom. The molecule has 1 unspecified atom stereocenters. The number of aromatic nitrogens is 2. The van der Waals surface area contributed by atoms with E-state index in [0.29, 0.717) is 17.3 Å². The summed E-state index contributed by atoms with van der Waals surface area (Å²) < 4.78 is 28.0. The van der Waals surface area contributed by atoms with Crippen LogP contribution in [0, 0.1) is 17.6 Å². The van der Waals surface area contributed by atoms with E-state index < -0.39 is 23.5 Å². The number of hydrogen-bond donors (Lipinski definition) is 2. The van der Waals surface area contributed by atoms with E-state index >= 15 is 0 Å². The second kappa shape index (κ2) is 7.07. The number of nitrogens with two attached hydrogens (primary N) is 2. The average molecular weight is 359 g/mol. The Hall–Kier alpha value is -3.03. The molecule has 1 aromatic heterocycles. The van der Waals surface area contributed by atoms with Gasteiger partial charge in [0.05, 0.1) is 17.3 Å². The third kappa shape index (κ3) is 4.14. The first-order chi connectivity index (χ1) is 12.3. The van der Waals surface area contributed by atoms with Crippen molar-refractivity contribution in [3.63, 3.8) is 0 Å². The number of amidine groups is 1. The quantitative estimate of drug-likeness (QED) is 0.632. The van der Waals surface area contributed by atoms with Gasteiger partial charge in [0.1, 0.15) is 17.5 Å². The lowest BCUT2D eigenvalue weighted by atomic mass is 10.1. The largest absolute Gasteiger partial charge is 0.402 e. The molecule has 8 heteroatoms. The molecule has 136 valence electrons. The normalized spacial score (nSPS) is 16.6. The minimum absolute atomic E-state index is 0.0536. The van der Waals surface area contributed by atoms with E-state index in [1.54, 1.807) is 13.0 Å². The van der Waals surface area contributed by atoms with Crippen molar-refractivity contribution in [1.82, 2.24) is 9.78 Å². The number of aliphatic imine (C=N–C) groups is 1. The second-order valence-corrected chi connectivity index (χ2v) is 6.33. The van der Waals surface area contributed by atoms with Gasteiger partial charge in [0.25, 0.3) is 5.91 Å². The molecule has 6 nitrogen and oxygen atoms in total. The van der Waals surface area contributed by atoms with Gasteiger partial charge in [0.15, 0.2) is 0 Å². The molecule has 1 atom stereocenters. The predicted octanol–water partition coefficient (Wildman–Crippen LogP) is 2.39.